The number of methoxy groups -OCH3 is 1. The van der Waals surface area contributed by atoms with Gasteiger partial charge in [0.1, 0.15) is 5.75 Å². The van der Waals surface area contributed by atoms with E-state index in [-0.39, 0.29) is 12.0 Å². The van der Waals surface area contributed by atoms with Crippen LogP contribution in [0, 0.1) is 0 Å². The van der Waals surface area contributed by atoms with Crippen LogP contribution in [0.25, 0.3) is 0 Å². The van der Waals surface area contributed by atoms with Crippen LogP contribution in [0.2, 0.25) is 0 Å². The fraction of sp³-hybridized carbons (Fsp3) is 0.316. The summed E-state index contributed by atoms with van der Waals surface area (Å²) in [6, 6.07) is 15.9. The summed E-state index contributed by atoms with van der Waals surface area (Å²) in [7, 11) is 1.62. The predicted molar refractivity (Wildman–Crippen MR) is 88.4 cm³/mol. The normalized spacial score (nSPS) is 16.5. The minimum Gasteiger partial charge on any atom is -0.496 e. The van der Waals surface area contributed by atoms with Gasteiger partial charge in [0.05, 0.1) is 26.2 Å². The minimum atomic E-state index is -0.0167. The molecular weight excluding hydrogens is 290 g/mol. The lowest BCUT2D eigenvalue weighted by molar-refractivity contribution is -0.121. The van der Waals surface area contributed by atoms with Gasteiger partial charge in [0, 0.05) is 18.5 Å². The summed E-state index contributed by atoms with van der Waals surface area (Å²) < 4.78 is 11.1. The van der Waals surface area contributed by atoms with E-state index in [1.54, 1.807) is 7.11 Å². The number of fused-ring (bicyclic) bond motifs is 1. The highest BCUT2D eigenvalue weighted by molar-refractivity contribution is 5.79. The Kier molecular flexibility index (Phi) is 4.93. The average Bonchev–Trinajstić information content (AvgIpc) is 2.60. The zero-order valence-electron chi connectivity index (χ0n) is 13.2. The van der Waals surface area contributed by atoms with Crippen molar-refractivity contribution < 1.29 is 14.3 Å². The molecule has 0 aliphatic carbocycles. The number of para-hydroxylation sites is 1. The second-order valence-corrected chi connectivity index (χ2v) is 5.70. The van der Waals surface area contributed by atoms with Crippen molar-refractivity contribution in [3.05, 3.63) is 65.2 Å². The number of ether oxygens (including phenoxy) is 2. The number of rotatable bonds is 5. The highest BCUT2D eigenvalue weighted by Crippen LogP contribution is 2.20. The Hall–Kier alpha value is -2.33. The van der Waals surface area contributed by atoms with E-state index in [1.807, 2.05) is 36.4 Å². The molecule has 0 bridgehead atoms. The van der Waals surface area contributed by atoms with Gasteiger partial charge in [-0.2, -0.15) is 0 Å². The number of carbonyl (C=O) groups excluding carboxylic acids is 1. The Morgan fingerprint density at radius 3 is 2.74 bits per heavy atom. The summed E-state index contributed by atoms with van der Waals surface area (Å²) in [6.07, 6.45) is 1.19. The van der Waals surface area contributed by atoms with E-state index >= 15 is 0 Å². The lowest BCUT2D eigenvalue weighted by Gasteiger charge is -2.25. The van der Waals surface area contributed by atoms with Gasteiger partial charge in [0.25, 0.3) is 0 Å². The highest BCUT2D eigenvalue weighted by atomic mass is 16.5. The van der Waals surface area contributed by atoms with E-state index in [0.717, 1.165) is 17.7 Å². The van der Waals surface area contributed by atoms with E-state index in [4.69, 9.17) is 9.47 Å². The molecular formula is C19H21NO3. The third-order valence-corrected chi connectivity index (χ3v) is 4.11. The van der Waals surface area contributed by atoms with Crippen molar-refractivity contribution in [3.8, 4) is 5.75 Å². The highest BCUT2D eigenvalue weighted by Gasteiger charge is 2.19. The standard InChI is InChI=1S/C19H21NO3/c1-22-18-9-5-4-7-15(18)11-19(21)20-12-17-10-14-6-2-3-8-16(14)13-23-17/h2-9,17H,10-13H2,1H3,(H,20,21). The van der Waals surface area contributed by atoms with Crippen LogP contribution < -0.4 is 10.1 Å². The fourth-order valence-corrected chi connectivity index (χ4v) is 2.85. The average molecular weight is 311 g/mol. The largest absolute Gasteiger partial charge is 0.496 e. The van der Waals surface area contributed by atoms with E-state index in [9.17, 15) is 4.79 Å². The van der Waals surface area contributed by atoms with Crippen molar-refractivity contribution in [2.75, 3.05) is 13.7 Å². The van der Waals surface area contributed by atoms with Crippen LogP contribution in [0.1, 0.15) is 16.7 Å². The number of carbonyl (C=O) groups is 1. The molecule has 1 amide bonds. The molecule has 2 aromatic carbocycles. The minimum absolute atomic E-state index is 0.0167. The quantitative estimate of drug-likeness (QED) is 0.923. The van der Waals surface area contributed by atoms with E-state index < -0.39 is 0 Å². The van der Waals surface area contributed by atoms with Gasteiger partial charge in [-0.05, 0) is 17.2 Å². The van der Waals surface area contributed by atoms with Crippen LogP contribution in [0.15, 0.2) is 48.5 Å². The van der Waals surface area contributed by atoms with Crippen molar-refractivity contribution in [1.82, 2.24) is 5.32 Å². The third kappa shape index (κ3) is 3.90. The topological polar surface area (TPSA) is 47.6 Å². The van der Waals surface area contributed by atoms with E-state index in [2.05, 4.69) is 17.4 Å². The Morgan fingerprint density at radius 1 is 1.17 bits per heavy atom. The molecule has 1 heterocycles. The van der Waals surface area contributed by atoms with E-state index in [0.29, 0.717) is 19.6 Å². The molecule has 0 saturated carbocycles. The maximum absolute atomic E-state index is 12.1. The van der Waals surface area contributed by atoms with Crippen molar-refractivity contribution in [2.45, 2.75) is 25.6 Å². The number of nitrogens with one attached hydrogen (secondary N) is 1. The van der Waals surface area contributed by atoms with Gasteiger partial charge in [0.15, 0.2) is 0 Å². The first-order valence-corrected chi connectivity index (χ1v) is 7.83. The van der Waals surface area contributed by atoms with Crippen molar-refractivity contribution in [1.29, 1.82) is 0 Å². The molecule has 0 radical (unpaired) electrons. The van der Waals surface area contributed by atoms with E-state index in [1.165, 1.54) is 11.1 Å². The molecule has 2 aromatic rings. The number of benzene rings is 2. The van der Waals surface area contributed by atoms with Crippen LogP contribution in [-0.4, -0.2) is 25.7 Å². The molecule has 0 aromatic heterocycles. The lowest BCUT2D eigenvalue weighted by atomic mass is 9.99. The smallest absolute Gasteiger partial charge is 0.224 e. The van der Waals surface area contributed by atoms with Gasteiger partial charge < -0.3 is 14.8 Å². The maximum atomic E-state index is 12.1. The Balaban J connectivity index is 1.52. The molecule has 1 atom stereocenters. The van der Waals surface area contributed by atoms with Crippen molar-refractivity contribution in [3.63, 3.8) is 0 Å². The lowest BCUT2D eigenvalue weighted by Crippen LogP contribution is -2.37. The summed E-state index contributed by atoms with van der Waals surface area (Å²) in [5.74, 6) is 0.724. The van der Waals surface area contributed by atoms with Crippen LogP contribution in [0.5, 0.6) is 5.75 Å². The van der Waals surface area contributed by atoms with Crippen LogP contribution in [0.3, 0.4) is 0 Å². The summed E-state index contributed by atoms with van der Waals surface area (Å²) in [6.45, 7) is 1.14. The molecule has 1 aliphatic rings. The molecule has 1 N–H and O–H groups in total. The zero-order chi connectivity index (χ0) is 16.1. The maximum Gasteiger partial charge on any atom is 0.224 e. The Bertz CT molecular complexity index is 684. The first-order chi connectivity index (χ1) is 11.3. The molecule has 4 heteroatoms. The summed E-state index contributed by atoms with van der Waals surface area (Å²) >= 11 is 0. The molecule has 3 rings (SSSR count). The molecule has 0 spiro atoms. The Morgan fingerprint density at radius 2 is 1.91 bits per heavy atom. The molecule has 4 nitrogen and oxygen atoms in total. The van der Waals surface area contributed by atoms with Gasteiger partial charge in [-0.3, -0.25) is 4.79 Å². The van der Waals surface area contributed by atoms with Gasteiger partial charge in [0.2, 0.25) is 5.91 Å². The van der Waals surface area contributed by atoms with Gasteiger partial charge in [-0.25, -0.2) is 0 Å². The van der Waals surface area contributed by atoms with Crippen LogP contribution >= 0.6 is 0 Å². The van der Waals surface area contributed by atoms with Gasteiger partial charge in [-0.15, -0.1) is 0 Å². The van der Waals surface area contributed by atoms with Gasteiger partial charge >= 0.3 is 0 Å². The van der Waals surface area contributed by atoms with Crippen molar-refractivity contribution >= 4 is 5.91 Å². The number of amides is 1. The third-order valence-electron chi connectivity index (χ3n) is 4.11. The number of hydrogen-bond acceptors (Lipinski definition) is 3. The fourth-order valence-electron chi connectivity index (χ4n) is 2.85. The molecule has 23 heavy (non-hydrogen) atoms. The SMILES string of the molecule is COc1ccccc1CC(=O)NCC1Cc2ccccc2CO1. The number of hydrogen-bond donors (Lipinski definition) is 1. The van der Waals surface area contributed by atoms with Crippen molar-refractivity contribution in [2.24, 2.45) is 0 Å². The second-order valence-electron chi connectivity index (χ2n) is 5.70. The second kappa shape index (κ2) is 7.29. The van der Waals surface area contributed by atoms with Crippen LogP contribution in [0.4, 0.5) is 0 Å². The Labute approximate surface area is 136 Å². The molecule has 0 fully saturated rings. The first kappa shape index (κ1) is 15.6. The van der Waals surface area contributed by atoms with Gasteiger partial charge in [-0.1, -0.05) is 42.5 Å². The monoisotopic (exact) mass is 311 g/mol. The molecule has 1 unspecified atom stereocenters. The summed E-state index contributed by atoms with van der Waals surface area (Å²) in [4.78, 5) is 12.1. The zero-order valence-corrected chi connectivity index (χ0v) is 13.2. The summed E-state index contributed by atoms with van der Waals surface area (Å²) in [5.41, 5.74) is 3.44. The predicted octanol–water partition coefficient (Wildman–Crippen LogP) is 2.50. The first-order valence-electron chi connectivity index (χ1n) is 7.83. The summed E-state index contributed by atoms with van der Waals surface area (Å²) in [5, 5.41) is 2.96. The molecule has 1 aliphatic heterocycles. The molecule has 120 valence electrons. The molecule has 0 saturated heterocycles. The van der Waals surface area contributed by atoms with Crippen LogP contribution in [-0.2, 0) is 29.0 Å².